The van der Waals surface area contributed by atoms with Crippen LogP contribution in [0.25, 0.3) is 0 Å². The number of hydrogen-bond donors (Lipinski definition) is 1. The molecule has 0 saturated carbocycles. The number of amides is 1. The second kappa shape index (κ2) is 9.82. The van der Waals surface area contributed by atoms with Crippen molar-refractivity contribution >= 4 is 23.4 Å². The fourth-order valence-electron chi connectivity index (χ4n) is 3.30. The Labute approximate surface area is 172 Å². The van der Waals surface area contributed by atoms with Gasteiger partial charge in [0.2, 0.25) is 0 Å². The summed E-state index contributed by atoms with van der Waals surface area (Å²) in [7, 11) is 0. The van der Waals surface area contributed by atoms with Crippen molar-refractivity contribution in [2.75, 3.05) is 39.1 Å². The van der Waals surface area contributed by atoms with Gasteiger partial charge in [-0.3, -0.25) is 19.8 Å². The van der Waals surface area contributed by atoms with Crippen LogP contribution in [-0.2, 0) is 4.74 Å². The lowest BCUT2D eigenvalue weighted by Crippen LogP contribution is -2.43. The number of nitrogens with one attached hydrogen (secondary N) is 1. The first kappa shape index (κ1) is 21.2. The maximum atomic E-state index is 13.3. The molecule has 1 fully saturated rings. The van der Waals surface area contributed by atoms with E-state index in [0.29, 0.717) is 37.7 Å². The van der Waals surface area contributed by atoms with E-state index in [1.807, 2.05) is 0 Å². The average molecular weight is 419 g/mol. The van der Waals surface area contributed by atoms with E-state index in [2.05, 4.69) is 10.2 Å². The zero-order chi connectivity index (χ0) is 20.8. The molecule has 0 bridgehead atoms. The number of hydrogen-bond acceptors (Lipinski definition) is 6. The first-order chi connectivity index (χ1) is 14.0. The Hall–Kier alpha value is -2.49. The van der Waals surface area contributed by atoms with Crippen molar-refractivity contribution in [3.05, 3.63) is 69.5 Å². The lowest BCUT2D eigenvalue weighted by molar-refractivity contribution is -0.387. The molecule has 1 heterocycles. The van der Waals surface area contributed by atoms with E-state index in [0.717, 1.165) is 5.56 Å². The molecule has 0 unspecified atom stereocenters. The smallest absolute Gasteiger partial charge is 0.283 e. The number of carbonyl (C=O) groups excluding carboxylic acids is 1. The molecule has 0 aliphatic carbocycles. The number of nitro benzene ring substituents is 1. The summed E-state index contributed by atoms with van der Waals surface area (Å²) in [5, 5.41) is 14.1. The third-order valence-electron chi connectivity index (χ3n) is 4.83. The van der Waals surface area contributed by atoms with Crippen LogP contribution >= 0.6 is 11.8 Å². The number of morpholine rings is 1. The summed E-state index contributed by atoms with van der Waals surface area (Å²) in [4.78, 5) is 26.1. The highest BCUT2D eigenvalue weighted by molar-refractivity contribution is 7.98. The Morgan fingerprint density at radius 2 is 1.97 bits per heavy atom. The van der Waals surface area contributed by atoms with Gasteiger partial charge in [0.1, 0.15) is 5.82 Å². The van der Waals surface area contributed by atoms with Crippen molar-refractivity contribution in [1.82, 2.24) is 10.2 Å². The van der Waals surface area contributed by atoms with Crippen LogP contribution in [0.4, 0.5) is 10.1 Å². The van der Waals surface area contributed by atoms with Crippen LogP contribution in [0.2, 0.25) is 0 Å². The monoisotopic (exact) mass is 419 g/mol. The first-order valence-corrected chi connectivity index (χ1v) is 10.4. The van der Waals surface area contributed by atoms with Gasteiger partial charge in [-0.25, -0.2) is 4.39 Å². The fraction of sp³-hybridized carbons (Fsp3) is 0.350. The maximum Gasteiger partial charge on any atom is 0.283 e. The lowest BCUT2D eigenvalue weighted by Gasteiger charge is -2.35. The molecule has 1 amide bonds. The molecule has 1 atom stereocenters. The van der Waals surface area contributed by atoms with Crippen LogP contribution in [-0.4, -0.2) is 54.8 Å². The van der Waals surface area contributed by atoms with Gasteiger partial charge in [0.15, 0.2) is 0 Å². The maximum absolute atomic E-state index is 13.3. The molecule has 3 rings (SSSR count). The summed E-state index contributed by atoms with van der Waals surface area (Å²) in [6.45, 7) is 2.88. The highest BCUT2D eigenvalue weighted by Crippen LogP contribution is 2.28. The van der Waals surface area contributed by atoms with E-state index in [1.165, 1.54) is 30.0 Å². The van der Waals surface area contributed by atoms with Crippen LogP contribution in [0.15, 0.2) is 47.4 Å². The number of ether oxygens (including phenoxy) is 1. The van der Waals surface area contributed by atoms with Gasteiger partial charge >= 0.3 is 0 Å². The molecule has 1 saturated heterocycles. The lowest BCUT2D eigenvalue weighted by atomic mass is 10.0. The number of rotatable bonds is 7. The summed E-state index contributed by atoms with van der Waals surface area (Å²) in [6.07, 6.45) is 1.75. The van der Waals surface area contributed by atoms with Crippen LogP contribution in [0, 0.1) is 15.9 Å². The molecular formula is C20H22FN3O4S. The van der Waals surface area contributed by atoms with Crippen LogP contribution in [0.5, 0.6) is 0 Å². The first-order valence-electron chi connectivity index (χ1n) is 9.17. The quantitative estimate of drug-likeness (QED) is 0.421. The Morgan fingerprint density at radius 3 is 2.59 bits per heavy atom. The second-order valence-corrected chi connectivity index (χ2v) is 7.42. The average Bonchev–Trinajstić information content (AvgIpc) is 2.75. The van der Waals surface area contributed by atoms with Crippen LogP contribution in [0.3, 0.4) is 0 Å². The molecule has 29 heavy (non-hydrogen) atoms. The van der Waals surface area contributed by atoms with E-state index < -0.39 is 4.92 Å². The molecule has 154 valence electrons. The van der Waals surface area contributed by atoms with Crippen LogP contribution < -0.4 is 5.32 Å². The predicted molar refractivity (Wildman–Crippen MR) is 109 cm³/mol. The van der Waals surface area contributed by atoms with Crippen molar-refractivity contribution in [1.29, 1.82) is 0 Å². The zero-order valence-corrected chi connectivity index (χ0v) is 16.8. The summed E-state index contributed by atoms with van der Waals surface area (Å²) < 4.78 is 18.7. The van der Waals surface area contributed by atoms with Gasteiger partial charge in [-0.2, -0.15) is 0 Å². The van der Waals surface area contributed by atoms with Gasteiger partial charge in [0.05, 0.1) is 29.1 Å². The van der Waals surface area contributed by atoms with E-state index in [-0.39, 0.29) is 29.0 Å². The number of carbonyl (C=O) groups is 1. The summed E-state index contributed by atoms with van der Waals surface area (Å²) in [5.41, 5.74) is 1.03. The summed E-state index contributed by atoms with van der Waals surface area (Å²) >= 11 is 1.26. The minimum Gasteiger partial charge on any atom is -0.379 e. The van der Waals surface area contributed by atoms with Gasteiger partial charge < -0.3 is 10.1 Å². The number of thioether (sulfide) groups is 1. The Balaban J connectivity index is 1.76. The summed E-state index contributed by atoms with van der Waals surface area (Å²) in [5.74, 6) is -0.708. The Morgan fingerprint density at radius 1 is 1.28 bits per heavy atom. The van der Waals surface area contributed by atoms with Gasteiger partial charge in [-0.05, 0) is 36.1 Å². The number of nitro groups is 1. The van der Waals surface area contributed by atoms with Crippen molar-refractivity contribution < 1.29 is 18.8 Å². The molecule has 0 radical (unpaired) electrons. The summed E-state index contributed by atoms with van der Waals surface area (Å²) in [6, 6.07) is 10.5. The standard InChI is InChI=1S/C20H22FN3O4S/c1-29-19-7-4-15(12-17(19)24(26)27)20(25)22-13-18(23-8-10-28-11-9-23)14-2-5-16(21)6-3-14/h2-7,12,18H,8-11,13H2,1H3,(H,22,25)/t18-/m1/s1. The number of benzene rings is 2. The van der Waals surface area contributed by atoms with E-state index in [4.69, 9.17) is 4.74 Å². The highest BCUT2D eigenvalue weighted by atomic mass is 32.2. The molecule has 2 aromatic carbocycles. The van der Waals surface area contributed by atoms with E-state index in [9.17, 15) is 19.3 Å². The van der Waals surface area contributed by atoms with Gasteiger partial charge in [-0.1, -0.05) is 12.1 Å². The molecule has 9 heteroatoms. The minimum atomic E-state index is -0.488. The van der Waals surface area contributed by atoms with Crippen molar-refractivity contribution in [3.8, 4) is 0 Å². The minimum absolute atomic E-state index is 0.0894. The molecule has 7 nitrogen and oxygen atoms in total. The zero-order valence-electron chi connectivity index (χ0n) is 16.0. The molecular weight excluding hydrogens is 397 g/mol. The third kappa shape index (κ3) is 5.31. The van der Waals surface area contributed by atoms with Gasteiger partial charge in [-0.15, -0.1) is 11.8 Å². The number of nitrogens with zero attached hydrogens (tertiary/aromatic N) is 2. The largest absolute Gasteiger partial charge is 0.379 e. The Bertz CT molecular complexity index is 873. The van der Waals surface area contributed by atoms with Gasteiger partial charge in [0.25, 0.3) is 11.6 Å². The molecule has 1 aliphatic heterocycles. The molecule has 0 spiro atoms. The Kier molecular flexibility index (Phi) is 7.18. The van der Waals surface area contributed by atoms with Crippen molar-refractivity contribution in [3.63, 3.8) is 0 Å². The normalized spacial score (nSPS) is 15.7. The van der Waals surface area contributed by atoms with E-state index in [1.54, 1.807) is 30.5 Å². The SMILES string of the molecule is CSc1ccc(C(=O)NC[C@H](c2ccc(F)cc2)N2CCOCC2)cc1[N+](=O)[O-]. The van der Waals surface area contributed by atoms with Crippen molar-refractivity contribution in [2.24, 2.45) is 0 Å². The molecule has 2 aromatic rings. The van der Waals surface area contributed by atoms with E-state index >= 15 is 0 Å². The predicted octanol–water partition coefficient (Wildman–Crippen LogP) is 3.26. The second-order valence-electron chi connectivity index (χ2n) is 6.57. The molecule has 1 aliphatic rings. The molecule has 1 N–H and O–H groups in total. The van der Waals surface area contributed by atoms with Crippen molar-refractivity contribution in [2.45, 2.75) is 10.9 Å². The topological polar surface area (TPSA) is 84.7 Å². The van der Waals surface area contributed by atoms with Gasteiger partial charge in [0, 0.05) is 31.3 Å². The fourth-order valence-corrected chi connectivity index (χ4v) is 3.84. The third-order valence-corrected chi connectivity index (χ3v) is 5.62. The van der Waals surface area contributed by atoms with Crippen LogP contribution in [0.1, 0.15) is 22.0 Å². The highest BCUT2D eigenvalue weighted by Gasteiger charge is 2.24. The number of halogens is 1. The molecule has 0 aromatic heterocycles.